The van der Waals surface area contributed by atoms with Crippen molar-refractivity contribution in [1.29, 1.82) is 0 Å². The van der Waals surface area contributed by atoms with E-state index in [-0.39, 0.29) is 0 Å². The van der Waals surface area contributed by atoms with E-state index in [9.17, 15) is 0 Å². The van der Waals surface area contributed by atoms with Crippen LogP contribution in [0.4, 0.5) is 0 Å². The molecule has 1 aromatic carbocycles. The van der Waals surface area contributed by atoms with E-state index in [1.165, 1.54) is 48.9 Å². The molecule has 0 aliphatic carbocycles. The van der Waals surface area contributed by atoms with Crippen LogP contribution in [0, 0.1) is 13.8 Å². The molecule has 0 bridgehead atoms. The average molecular weight is 274 g/mol. The molecule has 0 amide bonds. The Morgan fingerprint density at radius 3 is 2.70 bits per heavy atom. The molecule has 3 atom stereocenters. The third-order valence-corrected chi connectivity index (χ3v) is 4.48. The van der Waals surface area contributed by atoms with Gasteiger partial charge < -0.3 is 10.6 Å². The van der Waals surface area contributed by atoms with E-state index in [1.54, 1.807) is 0 Å². The maximum atomic E-state index is 3.76. The lowest BCUT2D eigenvalue weighted by molar-refractivity contribution is 0.334. The minimum atomic E-state index is 0.425. The normalized spacial score (nSPS) is 22.5. The summed E-state index contributed by atoms with van der Waals surface area (Å²) in [5.41, 5.74) is 4.17. The van der Waals surface area contributed by atoms with Gasteiger partial charge in [0.2, 0.25) is 0 Å². The number of rotatable bonds is 5. The number of benzene rings is 1. The van der Waals surface area contributed by atoms with Crippen LogP contribution in [0.15, 0.2) is 18.2 Å². The van der Waals surface area contributed by atoms with Gasteiger partial charge in [0.25, 0.3) is 0 Å². The lowest BCUT2D eigenvalue weighted by atomic mass is 9.96. The molecule has 1 aromatic rings. The quantitative estimate of drug-likeness (QED) is 0.851. The summed E-state index contributed by atoms with van der Waals surface area (Å²) >= 11 is 0. The topological polar surface area (TPSA) is 24.1 Å². The summed E-state index contributed by atoms with van der Waals surface area (Å²) in [5.74, 6) is 0. The number of hydrogen-bond acceptors (Lipinski definition) is 2. The fourth-order valence-corrected chi connectivity index (χ4v) is 3.45. The fourth-order valence-electron chi connectivity index (χ4n) is 3.45. The third kappa shape index (κ3) is 4.32. The van der Waals surface area contributed by atoms with Crippen LogP contribution in [-0.2, 0) is 0 Å². The van der Waals surface area contributed by atoms with Gasteiger partial charge in [0, 0.05) is 18.1 Å². The van der Waals surface area contributed by atoms with Crippen molar-refractivity contribution in [2.75, 3.05) is 6.54 Å². The molecular weight excluding hydrogens is 244 g/mol. The van der Waals surface area contributed by atoms with E-state index < -0.39 is 0 Å². The van der Waals surface area contributed by atoms with Gasteiger partial charge in [-0.2, -0.15) is 0 Å². The maximum Gasteiger partial charge on any atom is 0.0296 e. The first-order chi connectivity index (χ1) is 9.56. The second-order valence-electron chi connectivity index (χ2n) is 6.53. The average Bonchev–Trinajstić information content (AvgIpc) is 2.39. The summed E-state index contributed by atoms with van der Waals surface area (Å²) in [6, 6.07) is 8.45. The Morgan fingerprint density at radius 2 is 2.05 bits per heavy atom. The largest absolute Gasteiger partial charge is 0.314 e. The third-order valence-electron chi connectivity index (χ3n) is 4.48. The van der Waals surface area contributed by atoms with Crippen molar-refractivity contribution in [3.63, 3.8) is 0 Å². The van der Waals surface area contributed by atoms with Crippen molar-refractivity contribution >= 4 is 0 Å². The molecule has 20 heavy (non-hydrogen) atoms. The Morgan fingerprint density at radius 1 is 1.25 bits per heavy atom. The highest BCUT2D eigenvalue weighted by Gasteiger charge is 2.17. The summed E-state index contributed by atoms with van der Waals surface area (Å²) in [7, 11) is 0. The molecule has 1 aliphatic heterocycles. The summed E-state index contributed by atoms with van der Waals surface area (Å²) in [6.45, 7) is 10.2. The zero-order chi connectivity index (χ0) is 14.5. The van der Waals surface area contributed by atoms with Crippen molar-refractivity contribution in [3.8, 4) is 0 Å². The molecule has 1 fully saturated rings. The number of hydrogen-bond donors (Lipinski definition) is 2. The van der Waals surface area contributed by atoms with Crippen LogP contribution in [-0.4, -0.2) is 18.6 Å². The van der Waals surface area contributed by atoms with Gasteiger partial charge in [0.15, 0.2) is 0 Å². The highest BCUT2D eigenvalue weighted by atomic mass is 15.0. The zero-order valence-electron chi connectivity index (χ0n) is 13.5. The number of piperidine rings is 1. The SMILES string of the molecule is Cc1ccc(C(C)NC(C)CC2CCCCN2)c(C)c1. The molecule has 2 nitrogen and oxygen atoms in total. The molecule has 3 unspecified atom stereocenters. The summed E-state index contributed by atoms with van der Waals surface area (Å²) < 4.78 is 0. The predicted octanol–water partition coefficient (Wildman–Crippen LogP) is 3.87. The monoisotopic (exact) mass is 274 g/mol. The standard InChI is InChI=1S/C18H30N2/c1-13-8-9-18(14(2)11-13)16(4)20-15(3)12-17-7-5-6-10-19-17/h8-9,11,15-17,19-20H,5-7,10,12H2,1-4H3. The highest BCUT2D eigenvalue weighted by molar-refractivity contribution is 5.32. The molecule has 0 aromatic heterocycles. The van der Waals surface area contributed by atoms with Crippen LogP contribution in [0.3, 0.4) is 0 Å². The van der Waals surface area contributed by atoms with Gasteiger partial charge in [-0.05, 0) is 64.6 Å². The van der Waals surface area contributed by atoms with Crippen molar-refractivity contribution in [1.82, 2.24) is 10.6 Å². The Bertz CT molecular complexity index is 421. The molecule has 1 saturated heterocycles. The summed E-state index contributed by atoms with van der Waals surface area (Å²) in [5, 5.41) is 7.41. The molecule has 1 aliphatic rings. The van der Waals surface area contributed by atoms with Crippen molar-refractivity contribution in [2.45, 2.75) is 71.5 Å². The van der Waals surface area contributed by atoms with E-state index in [2.05, 4.69) is 56.5 Å². The summed E-state index contributed by atoms with van der Waals surface area (Å²) in [4.78, 5) is 0. The Balaban J connectivity index is 1.87. The van der Waals surface area contributed by atoms with E-state index in [0.29, 0.717) is 18.1 Å². The van der Waals surface area contributed by atoms with Gasteiger partial charge in [-0.15, -0.1) is 0 Å². The first-order valence-corrected chi connectivity index (χ1v) is 8.13. The molecular formula is C18H30N2. The minimum absolute atomic E-state index is 0.425. The second-order valence-corrected chi connectivity index (χ2v) is 6.53. The predicted molar refractivity (Wildman–Crippen MR) is 87.2 cm³/mol. The van der Waals surface area contributed by atoms with Crippen LogP contribution in [0.5, 0.6) is 0 Å². The van der Waals surface area contributed by atoms with Gasteiger partial charge in [-0.1, -0.05) is 30.2 Å². The first kappa shape index (κ1) is 15.5. The van der Waals surface area contributed by atoms with Crippen LogP contribution >= 0.6 is 0 Å². The maximum absolute atomic E-state index is 3.76. The van der Waals surface area contributed by atoms with E-state index in [1.807, 2.05) is 0 Å². The molecule has 2 N–H and O–H groups in total. The minimum Gasteiger partial charge on any atom is -0.314 e. The van der Waals surface area contributed by atoms with Crippen molar-refractivity contribution in [2.24, 2.45) is 0 Å². The van der Waals surface area contributed by atoms with E-state index in [0.717, 1.165) is 0 Å². The second kappa shape index (κ2) is 7.24. The van der Waals surface area contributed by atoms with Crippen molar-refractivity contribution < 1.29 is 0 Å². The van der Waals surface area contributed by atoms with Crippen molar-refractivity contribution in [3.05, 3.63) is 34.9 Å². The van der Waals surface area contributed by atoms with Gasteiger partial charge in [-0.3, -0.25) is 0 Å². The molecule has 2 rings (SSSR count). The van der Waals surface area contributed by atoms with E-state index in [4.69, 9.17) is 0 Å². The molecule has 0 radical (unpaired) electrons. The molecule has 2 heteroatoms. The number of aryl methyl sites for hydroxylation is 2. The fraction of sp³-hybridized carbons (Fsp3) is 0.667. The van der Waals surface area contributed by atoms with Gasteiger partial charge in [-0.25, -0.2) is 0 Å². The van der Waals surface area contributed by atoms with Crippen LogP contribution in [0.2, 0.25) is 0 Å². The Hall–Kier alpha value is -0.860. The molecule has 0 spiro atoms. The summed E-state index contributed by atoms with van der Waals surface area (Å²) in [6.07, 6.45) is 5.30. The van der Waals surface area contributed by atoms with Crippen LogP contribution < -0.4 is 10.6 Å². The Kier molecular flexibility index (Phi) is 5.62. The number of nitrogens with one attached hydrogen (secondary N) is 2. The van der Waals surface area contributed by atoms with Gasteiger partial charge in [0.1, 0.15) is 0 Å². The zero-order valence-corrected chi connectivity index (χ0v) is 13.5. The first-order valence-electron chi connectivity index (χ1n) is 8.13. The molecule has 0 saturated carbocycles. The van der Waals surface area contributed by atoms with Crippen LogP contribution in [0.25, 0.3) is 0 Å². The molecule has 112 valence electrons. The lowest BCUT2D eigenvalue weighted by Gasteiger charge is -2.28. The lowest BCUT2D eigenvalue weighted by Crippen LogP contribution is -2.40. The van der Waals surface area contributed by atoms with Gasteiger partial charge >= 0.3 is 0 Å². The highest BCUT2D eigenvalue weighted by Crippen LogP contribution is 2.20. The smallest absolute Gasteiger partial charge is 0.0296 e. The van der Waals surface area contributed by atoms with E-state index >= 15 is 0 Å². The molecule has 1 heterocycles. The Labute approximate surface area is 124 Å². The van der Waals surface area contributed by atoms with Gasteiger partial charge in [0.05, 0.1) is 0 Å². The van der Waals surface area contributed by atoms with Crippen LogP contribution in [0.1, 0.15) is 62.3 Å².